The van der Waals surface area contributed by atoms with Gasteiger partial charge in [0.15, 0.2) is 0 Å². The summed E-state index contributed by atoms with van der Waals surface area (Å²) in [6.45, 7) is -0.238. The monoisotopic (exact) mass is 469 g/mol. The summed E-state index contributed by atoms with van der Waals surface area (Å²) in [5.74, 6) is -1.03. The number of amides is 2. The number of carbonyl (C=O) groups excluding carboxylic acids is 3. The van der Waals surface area contributed by atoms with Gasteiger partial charge in [-0.3, -0.25) is 9.59 Å². The lowest BCUT2D eigenvalue weighted by atomic mass is 10.2. The minimum atomic E-state index is -0.504. The van der Waals surface area contributed by atoms with Crippen molar-refractivity contribution in [2.24, 2.45) is 5.10 Å². The summed E-state index contributed by atoms with van der Waals surface area (Å²) in [5.41, 5.74) is 3.76. The van der Waals surface area contributed by atoms with Crippen molar-refractivity contribution < 1.29 is 19.1 Å². The molecule has 0 fully saturated rings. The van der Waals surface area contributed by atoms with Gasteiger partial charge >= 0.3 is 5.97 Å². The number of benzene rings is 3. The molecular formula is C23H17Cl2N3O4. The van der Waals surface area contributed by atoms with Crippen LogP contribution in [-0.4, -0.2) is 30.5 Å². The van der Waals surface area contributed by atoms with Crippen LogP contribution < -0.4 is 15.5 Å². The van der Waals surface area contributed by atoms with E-state index < -0.39 is 17.8 Å². The Bertz CT molecular complexity index is 1130. The summed E-state index contributed by atoms with van der Waals surface area (Å²) in [5, 5.41) is 7.37. The van der Waals surface area contributed by atoms with Crippen LogP contribution in [0.2, 0.25) is 10.0 Å². The molecule has 7 nitrogen and oxygen atoms in total. The van der Waals surface area contributed by atoms with E-state index in [2.05, 4.69) is 15.8 Å². The molecule has 2 amide bonds. The number of carbonyl (C=O) groups is 3. The molecule has 0 heterocycles. The number of ether oxygens (including phenoxy) is 1. The maximum absolute atomic E-state index is 12.1. The molecule has 3 aromatic rings. The van der Waals surface area contributed by atoms with Gasteiger partial charge in [0.25, 0.3) is 11.8 Å². The van der Waals surface area contributed by atoms with Crippen molar-refractivity contribution in [1.29, 1.82) is 0 Å². The summed E-state index contributed by atoms with van der Waals surface area (Å²) in [7, 11) is 0. The van der Waals surface area contributed by atoms with Crippen molar-refractivity contribution in [3.05, 3.63) is 99.5 Å². The summed E-state index contributed by atoms with van der Waals surface area (Å²) < 4.78 is 5.29. The Balaban J connectivity index is 1.44. The predicted molar refractivity (Wildman–Crippen MR) is 122 cm³/mol. The van der Waals surface area contributed by atoms with Crippen LogP contribution in [0.15, 0.2) is 77.9 Å². The quantitative estimate of drug-likeness (QED) is 0.235. The molecule has 2 N–H and O–H groups in total. The van der Waals surface area contributed by atoms with Crippen molar-refractivity contribution >= 4 is 47.2 Å². The number of nitrogens with zero attached hydrogens (tertiary/aromatic N) is 1. The molecular weight excluding hydrogens is 453 g/mol. The Labute approximate surface area is 194 Å². The van der Waals surface area contributed by atoms with E-state index in [-0.39, 0.29) is 6.54 Å². The lowest BCUT2D eigenvalue weighted by molar-refractivity contribution is -0.120. The van der Waals surface area contributed by atoms with Crippen molar-refractivity contribution in [2.45, 2.75) is 0 Å². The van der Waals surface area contributed by atoms with Crippen molar-refractivity contribution in [3.8, 4) is 5.75 Å². The van der Waals surface area contributed by atoms with Gasteiger partial charge in [-0.25, -0.2) is 10.2 Å². The normalized spacial score (nSPS) is 10.6. The second kappa shape index (κ2) is 11.1. The van der Waals surface area contributed by atoms with Gasteiger partial charge in [0.1, 0.15) is 5.75 Å². The van der Waals surface area contributed by atoms with Crippen LogP contribution in [0.25, 0.3) is 0 Å². The summed E-state index contributed by atoms with van der Waals surface area (Å²) in [6, 6.07) is 19.2. The molecule has 162 valence electrons. The van der Waals surface area contributed by atoms with Gasteiger partial charge in [-0.1, -0.05) is 23.2 Å². The molecule has 0 aromatic heterocycles. The van der Waals surface area contributed by atoms with Gasteiger partial charge in [-0.15, -0.1) is 0 Å². The number of hydrogen-bond donors (Lipinski definition) is 2. The molecule has 0 saturated heterocycles. The molecule has 0 aliphatic heterocycles. The molecule has 0 aliphatic rings. The fourth-order valence-electron chi connectivity index (χ4n) is 2.46. The van der Waals surface area contributed by atoms with E-state index in [9.17, 15) is 14.4 Å². The van der Waals surface area contributed by atoms with E-state index in [1.165, 1.54) is 6.21 Å². The number of nitrogens with one attached hydrogen (secondary N) is 2. The fourth-order valence-corrected chi connectivity index (χ4v) is 2.71. The predicted octanol–water partition coefficient (Wildman–Crippen LogP) is 4.09. The molecule has 0 bridgehead atoms. The number of hydrazone groups is 1. The summed E-state index contributed by atoms with van der Waals surface area (Å²) in [6.07, 6.45) is 1.42. The number of halogens is 2. The van der Waals surface area contributed by atoms with Gasteiger partial charge in [0.2, 0.25) is 0 Å². The van der Waals surface area contributed by atoms with Crippen LogP contribution in [0.4, 0.5) is 0 Å². The SMILES string of the molecule is O=C(CNC(=O)c1ccc(Cl)cc1)N/N=C/c1ccc(OC(=O)c2ccc(Cl)cc2)cc1. The smallest absolute Gasteiger partial charge is 0.343 e. The maximum Gasteiger partial charge on any atom is 0.343 e. The summed E-state index contributed by atoms with van der Waals surface area (Å²) >= 11 is 11.6. The van der Waals surface area contributed by atoms with Gasteiger partial charge in [-0.05, 0) is 78.4 Å². The lowest BCUT2D eigenvalue weighted by Gasteiger charge is -2.05. The molecule has 32 heavy (non-hydrogen) atoms. The van der Waals surface area contributed by atoms with E-state index in [0.717, 1.165) is 0 Å². The third kappa shape index (κ3) is 6.94. The first-order valence-electron chi connectivity index (χ1n) is 9.34. The molecule has 0 unspecified atom stereocenters. The van der Waals surface area contributed by atoms with Crippen molar-refractivity contribution in [1.82, 2.24) is 10.7 Å². The van der Waals surface area contributed by atoms with E-state index in [4.69, 9.17) is 27.9 Å². The molecule has 0 aliphatic carbocycles. The molecule has 0 radical (unpaired) electrons. The highest BCUT2D eigenvalue weighted by Gasteiger charge is 2.09. The highest BCUT2D eigenvalue weighted by Crippen LogP contribution is 2.15. The Hall–Kier alpha value is -3.68. The first-order chi connectivity index (χ1) is 15.4. The first-order valence-corrected chi connectivity index (χ1v) is 10.1. The number of rotatable bonds is 7. The highest BCUT2D eigenvalue weighted by molar-refractivity contribution is 6.31. The van der Waals surface area contributed by atoms with Crippen LogP contribution in [0, 0.1) is 0 Å². The zero-order chi connectivity index (χ0) is 22.9. The molecule has 9 heteroatoms. The molecule has 0 saturated carbocycles. The minimum absolute atomic E-state index is 0.238. The molecule has 3 aromatic carbocycles. The van der Waals surface area contributed by atoms with Crippen LogP contribution in [0.1, 0.15) is 26.3 Å². The first kappa shape index (κ1) is 23.0. The average Bonchev–Trinajstić information content (AvgIpc) is 2.79. The number of esters is 1. The average molecular weight is 470 g/mol. The van der Waals surface area contributed by atoms with Gasteiger partial charge in [0, 0.05) is 15.6 Å². The Morgan fingerprint density at radius 2 is 1.38 bits per heavy atom. The van der Waals surface area contributed by atoms with Gasteiger partial charge in [-0.2, -0.15) is 5.10 Å². The zero-order valence-corrected chi connectivity index (χ0v) is 18.1. The second-order valence-electron chi connectivity index (χ2n) is 6.45. The van der Waals surface area contributed by atoms with Gasteiger partial charge < -0.3 is 10.1 Å². The Morgan fingerprint density at radius 1 is 0.812 bits per heavy atom. The standard InChI is InChI=1S/C23H17Cl2N3O4/c24-18-7-3-16(4-8-18)22(30)26-14-21(29)28-27-13-15-1-11-20(12-2-15)32-23(31)17-5-9-19(25)10-6-17/h1-13H,14H2,(H,26,30)(H,28,29)/b27-13+. The lowest BCUT2D eigenvalue weighted by Crippen LogP contribution is -2.34. The maximum atomic E-state index is 12.1. The largest absolute Gasteiger partial charge is 0.423 e. The van der Waals surface area contributed by atoms with Crippen LogP contribution in [0.3, 0.4) is 0 Å². The van der Waals surface area contributed by atoms with Crippen LogP contribution in [0.5, 0.6) is 5.75 Å². The van der Waals surface area contributed by atoms with Crippen molar-refractivity contribution in [2.75, 3.05) is 6.54 Å². The Morgan fingerprint density at radius 3 is 1.97 bits per heavy atom. The van der Waals surface area contributed by atoms with E-state index in [1.54, 1.807) is 72.8 Å². The van der Waals surface area contributed by atoms with E-state index in [1.807, 2.05) is 0 Å². The highest BCUT2D eigenvalue weighted by atomic mass is 35.5. The fraction of sp³-hybridized carbons (Fsp3) is 0.0435. The molecule has 3 rings (SSSR count). The second-order valence-corrected chi connectivity index (χ2v) is 7.32. The van der Waals surface area contributed by atoms with Gasteiger partial charge in [0.05, 0.1) is 18.3 Å². The Kier molecular flexibility index (Phi) is 7.96. The van der Waals surface area contributed by atoms with Crippen LogP contribution in [-0.2, 0) is 4.79 Å². The topological polar surface area (TPSA) is 96.9 Å². The zero-order valence-electron chi connectivity index (χ0n) is 16.5. The summed E-state index contributed by atoms with van der Waals surface area (Å²) in [4.78, 5) is 35.9. The van der Waals surface area contributed by atoms with Crippen LogP contribution >= 0.6 is 23.2 Å². The number of hydrogen-bond acceptors (Lipinski definition) is 5. The molecule has 0 atom stereocenters. The third-order valence-corrected chi connectivity index (χ3v) is 4.59. The minimum Gasteiger partial charge on any atom is -0.423 e. The van der Waals surface area contributed by atoms with Crippen molar-refractivity contribution in [3.63, 3.8) is 0 Å². The van der Waals surface area contributed by atoms with E-state index in [0.29, 0.717) is 32.5 Å². The van der Waals surface area contributed by atoms with E-state index >= 15 is 0 Å². The third-order valence-electron chi connectivity index (χ3n) is 4.09. The molecule has 0 spiro atoms.